The van der Waals surface area contributed by atoms with Crippen molar-refractivity contribution in [2.24, 2.45) is 11.8 Å². The number of aromatic nitrogens is 3. The lowest BCUT2D eigenvalue weighted by molar-refractivity contribution is -0.140. The number of urea groups is 1. The summed E-state index contributed by atoms with van der Waals surface area (Å²) in [6, 6.07) is 2.12. The molecule has 51 heavy (non-hydrogen) atoms. The van der Waals surface area contributed by atoms with E-state index in [1.54, 1.807) is 34.4 Å². The first kappa shape index (κ1) is 35.4. The number of ketones is 1. The van der Waals surface area contributed by atoms with Crippen LogP contribution in [-0.4, -0.2) is 87.4 Å². The van der Waals surface area contributed by atoms with Crippen LogP contribution >= 0.6 is 22.7 Å². The number of halogens is 3. The lowest BCUT2D eigenvalue weighted by atomic mass is 9.96. The first-order valence-electron chi connectivity index (χ1n) is 17.0. The third kappa shape index (κ3) is 7.21. The molecule has 1 radical (unpaired) electrons. The van der Waals surface area contributed by atoms with E-state index >= 15 is 0 Å². The topological polar surface area (TPSA) is 127 Å². The van der Waals surface area contributed by atoms with Gasteiger partial charge in [0.2, 0.25) is 11.8 Å². The molecule has 0 aromatic carbocycles. The maximum Gasteiger partial charge on any atom is 0.434 e. The number of alkyl halides is 3. The van der Waals surface area contributed by atoms with Gasteiger partial charge < -0.3 is 24.6 Å². The molecule has 3 fully saturated rings. The zero-order valence-corrected chi connectivity index (χ0v) is 30.0. The minimum atomic E-state index is -4.63. The highest BCUT2D eigenvalue weighted by Crippen LogP contribution is 2.53. The molecule has 271 valence electrons. The van der Waals surface area contributed by atoms with Crippen LogP contribution in [0.25, 0.3) is 21.4 Å². The van der Waals surface area contributed by atoms with Gasteiger partial charge in [-0.1, -0.05) is 19.1 Å². The van der Waals surface area contributed by atoms with Crippen LogP contribution in [-0.2, 0) is 15.8 Å². The number of amides is 3. The Morgan fingerprint density at radius 1 is 1.14 bits per heavy atom. The number of hydrogen-bond acceptors (Lipinski definition) is 10. The summed E-state index contributed by atoms with van der Waals surface area (Å²) in [6.07, 6.45) is 3.12. The van der Waals surface area contributed by atoms with Crippen LogP contribution in [0.2, 0.25) is 0 Å². The molecule has 2 saturated carbocycles. The van der Waals surface area contributed by atoms with Gasteiger partial charge in [-0.2, -0.15) is 18.2 Å². The molecule has 3 aromatic rings. The second kappa shape index (κ2) is 13.8. The van der Waals surface area contributed by atoms with E-state index in [2.05, 4.69) is 26.3 Å². The van der Waals surface area contributed by atoms with Gasteiger partial charge in [-0.3, -0.25) is 9.59 Å². The highest BCUT2D eigenvalue weighted by molar-refractivity contribution is 7.14. The zero-order chi connectivity index (χ0) is 36.1. The third-order valence-corrected chi connectivity index (χ3v) is 11.8. The van der Waals surface area contributed by atoms with E-state index in [0.29, 0.717) is 35.7 Å². The number of piperidine rings is 1. The molecule has 3 aromatic heterocycles. The second-order valence-corrected chi connectivity index (χ2v) is 15.4. The van der Waals surface area contributed by atoms with Gasteiger partial charge >= 0.3 is 12.2 Å². The van der Waals surface area contributed by atoms with Gasteiger partial charge in [0, 0.05) is 56.3 Å². The number of thiophene rings is 1. The molecule has 1 saturated heterocycles. The molecule has 2 aliphatic heterocycles. The van der Waals surface area contributed by atoms with E-state index in [9.17, 15) is 27.6 Å². The molecule has 5 atom stereocenters. The van der Waals surface area contributed by atoms with Crippen molar-refractivity contribution in [2.45, 2.75) is 75.7 Å². The van der Waals surface area contributed by atoms with Crippen molar-refractivity contribution in [3.8, 4) is 33.0 Å². The Hall–Kier alpha value is -4.05. The molecule has 11 nitrogen and oxygen atoms in total. The van der Waals surface area contributed by atoms with Crippen molar-refractivity contribution in [1.29, 1.82) is 0 Å². The molecule has 1 N–H and O–H groups in total. The molecule has 16 heteroatoms. The van der Waals surface area contributed by atoms with Gasteiger partial charge in [0.05, 0.1) is 17.7 Å². The number of thiazole rings is 1. The summed E-state index contributed by atoms with van der Waals surface area (Å²) in [5, 5.41) is 5.79. The van der Waals surface area contributed by atoms with Crippen LogP contribution in [0.3, 0.4) is 0 Å². The number of rotatable bonds is 7. The van der Waals surface area contributed by atoms with E-state index in [4.69, 9.17) is 9.47 Å². The number of allylic oxidation sites excluding steroid dienone is 1. The third-order valence-electron chi connectivity index (χ3n) is 10.0. The van der Waals surface area contributed by atoms with Crippen molar-refractivity contribution in [3.05, 3.63) is 46.7 Å². The van der Waals surface area contributed by atoms with Crippen LogP contribution in [0.4, 0.5) is 18.0 Å². The SMILES string of the molecule is COc1ccsc1-c1cc(OC2CCN3C(=O)N(C)CCCC/C=C/[C@@H]4C[C@@]4(C(=O)C4C[C]4C)NC(=O)[C@@H]3C2)nc(-c2nc(C(F)(F)F)cs2)n1. The Bertz CT molecular complexity index is 1850. The van der Waals surface area contributed by atoms with Gasteiger partial charge in [-0.05, 0) is 49.5 Å². The Balaban J connectivity index is 1.19. The number of carbonyl (C=O) groups is 3. The fourth-order valence-electron chi connectivity index (χ4n) is 6.93. The van der Waals surface area contributed by atoms with Gasteiger partial charge in [0.1, 0.15) is 23.4 Å². The fraction of sp³-hybridized carbons (Fsp3) is 0.514. The molecule has 0 bridgehead atoms. The standard InChI is InChI=1S/C35H38F3N6O5S2/c1-19-14-22(19)29(45)34-17-20(34)8-6-4-5-7-11-43(2)33(47)44-12-9-21(15-24(44)31(46)42-34)49-27-16-23(28-25(48-3)10-13-50-28)39-30(41-27)32-40-26(18-51-32)35(36,37)38/h6,8,10,13,16,18,20-22,24H,4-5,7,9,11-12,14-15,17H2,1-3H3,(H,42,46)/b8-6+/t20-,21?,22?,24+,34-/m1/s1. The van der Waals surface area contributed by atoms with Crippen molar-refractivity contribution in [2.75, 3.05) is 27.2 Å². The predicted octanol–water partition coefficient (Wildman–Crippen LogP) is 6.42. The Kier molecular flexibility index (Phi) is 9.58. The minimum absolute atomic E-state index is 0.0228. The molecule has 2 unspecified atom stereocenters. The van der Waals surface area contributed by atoms with Gasteiger partial charge in [0.15, 0.2) is 22.3 Å². The molecule has 4 aliphatic rings. The second-order valence-electron chi connectivity index (χ2n) is 13.6. The summed E-state index contributed by atoms with van der Waals surface area (Å²) in [5.74, 6) is 0.993. The first-order chi connectivity index (χ1) is 24.4. The quantitative estimate of drug-likeness (QED) is 0.275. The van der Waals surface area contributed by atoms with E-state index in [1.165, 1.54) is 18.4 Å². The number of methoxy groups -OCH3 is 1. The maximum absolute atomic E-state index is 14.2. The highest BCUT2D eigenvalue weighted by atomic mass is 32.1. The van der Waals surface area contributed by atoms with Crippen molar-refractivity contribution in [1.82, 2.24) is 30.1 Å². The fourth-order valence-corrected chi connectivity index (χ4v) is 8.50. The summed E-state index contributed by atoms with van der Waals surface area (Å²) in [7, 11) is 3.23. The summed E-state index contributed by atoms with van der Waals surface area (Å²) >= 11 is 2.10. The Morgan fingerprint density at radius 3 is 2.67 bits per heavy atom. The van der Waals surface area contributed by atoms with Gasteiger partial charge in [0.25, 0.3) is 0 Å². The zero-order valence-electron chi connectivity index (χ0n) is 28.4. The number of nitrogens with zero attached hydrogens (tertiary/aromatic N) is 5. The normalized spacial score (nSPS) is 27.9. The molecule has 2 aliphatic carbocycles. The van der Waals surface area contributed by atoms with Crippen LogP contribution in [0.15, 0.2) is 35.0 Å². The number of nitrogens with one attached hydrogen (secondary N) is 1. The highest BCUT2D eigenvalue weighted by Gasteiger charge is 2.64. The summed E-state index contributed by atoms with van der Waals surface area (Å²) in [4.78, 5) is 58.3. The number of ether oxygens (including phenoxy) is 2. The number of carbonyl (C=O) groups excluding carboxylic acids is 3. The number of fused-ring (bicyclic) bond motifs is 2. The van der Waals surface area contributed by atoms with E-state index in [-0.39, 0.29) is 53.3 Å². The minimum Gasteiger partial charge on any atom is -0.495 e. The molecular weight excluding hydrogens is 706 g/mol. The molecule has 0 spiro atoms. The average Bonchev–Trinajstić information content (AvgIpc) is 3.79. The monoisotopic (exact) mass is 743 g/mol. The maximum atomic E-state index is 14.2. The van der Waals surface area contributed by atoms with Gasteiger partial charge in [-0.25, -0.2) is 14.8 Å². The lowest BCUT2D eigenvalue weighted by Gasteiger charge is -2.40. The largest absolute Gasteiger partial charge is 0.495 e. The number of hydrogen-bond donors (Lipinski definition) is 1. The molecule has 3 amide bonds. The van der Waals surface area contributed by atoms with Crippen LogP contribution < -0.4 is 14.8 Å². The molecular formula is C35H38F3N6O5S2. The van der Waals surface area contributed by atoms with Crippen molar-refractivity contribution < 1.29 is 37.0 Å². The van der Waals surface area contributed by atoms with E-state index in [1.807, 2.05) is 13.0 Å². The predicted molar refractivity (Wildman–Crippen MR) is 184 cm³/mol. The van der Waals surface area contributed by atoms with Crippen molar-refractivity contribution >= 4 is 40.4 Å². The number of Topliss-reactive ketones (excluding diaryl/α,β-unsaturated/α-hetero) is 1. The van der Waals surface area contributed by atoms with E-state index < -0.39 is 35.5 Å². The molecule has 7 rings (SSSR count). The average molecular weight is 744 g/mol. The summed E-state index contributed by atoms with van der Waals surface area (Å²) in [6.45, 7) is 2.70. The lowest BCUT2D eigenvalue weighted by Crippen LogP contribution is -2.60. The Morgan fingerprint density at radius 2 is 1.94 bits per heavy atom. The van der Waals surface area contributed by atoms with Crippen LogP contribution in [0.5, 0.6) is 11.6 Å². The van der Waals surface area contributed by atoms with Crippen molar-refractivity contribution in [3.63, 3.8) is 0 Å². The Labute approximate surface area is 301 Å². The van der Waals surface area contributed by atoms with Gasteiger partial charge in [-0.15, -0.1) is 22.7 Å². The smallest absolute Gasteiger partial charge is 0.434 e. The van der Waals surface area contributed by atoms with Crippen LogP contribution in [0, 0.1) is 17.8 Å². The first-order valence-corrected chi connectivity index (χ1v) is 18.7. The van der Waals surface area contributed by atoms with E-state index in [0.717, 1.165) is 48.3 Å². The van der Waals surface area contributed by atoms with Crippen LogP contribution in [0.1, 0.15) is 57.6 Å². The summed E-state index contributed by atoms with van der Waals surface area (Å²) < 4.78 is 52.2. The summed E-state index contributed by atoms with van der Waals surface area (Å²) in [5.41, 5.74) is -1.68. The molecule has 5 heterocycles.